The van der Waals surface area contributed by atoms with E-state index < -0.39 is 5.60 Å². The highest BCUT2D eigenvalue weighted by atomic mass is 16.3. The van der Waals surface area contributed by atoms with Gasteiger partial charge in [-0.2, -0.15) is 0 Å². The molecule has 3 N–H and O–H groups in total. The number of hydrogen-bond donors (Lipinski definition) is 3. The second-order valence-electron chi connectivity index (χ2n) is 5.00. The maximum atomic E-state index is 9.86. The third kappa shape index (κ3) is 5.15. The van der Waals surface area contributed by atoms with E-state index in [0.717, 1.165) is 18.9 Å². The average molecular weight is 237 g/mol. The van der Waals surface area contributed by atoms with Crippen LogP contribution in [0.15, 0.2) is 18.2 Å². The molecule has 0 aliphatic carbocycles. The van der Waals surface area contributed by atoms with Gasteiger partial charge in [-0.3, -0.25) is 0 Å². The minimum atomic E-state index is -0.895. The Morgan fingerprint density at radius 1 is 1.29 bits per heavy atom. The van der Waals surface area contributed by atoms with E-state index in [2.05, 4.69) is 29.5 Å². The predicted octanol–water partition coefficient (Wildman–Crippen LogP) is 1.72. The van der Waals surface area contributed by atoms with E-state index in [1.807, 2.05) is 18.2 Å². The molecule has 1 aromatic rings. The fraction of sp³-hybridized carbons (Fsp3) is 0.615. The molecule has 0 radical (unpaired) electrons. The number of hydrogen-bond acceptors (Lipinski definition) is 4. The van der Waals surface area contributed by atoms with E-state index >= 15 is 0 Å². The van der Waals surface area contributed by atoms with Crippen molar-refractivity contribution in [2.45, 2.75) is 39.3 Å². The van der Waals surface area contributed by atoms with Gasteiger partial charge in [-0.05, 0) is 26.0 Å². The fourth-order valence-electron chi connectivity index (χ4n) is 1.43. The molecule has 1 rings (SSSR count). The average Bonchev–Trinajstić information content (AvgIpc) is 2.23. The lowest BCUT2D eigenvalue weighted by molar-refractivity contribution is 0.0740. The van der Waals surface area contributed by atoms with Gasteiger partial charge in [0.05, 0.1) is 5.69 Å². The lowest BCUT2D eigenvalue weighted by Crippen LogP contribution is -2.28. The Balaban J connectivity index is 2.49. The third-order valence-electron chi connectivity index (χ3n) is 2.36. The first-order valence-corrected chi connectivity index (χ1v) is 6.07. The second kappa shape index (κ2) is 5.98. The summed E-state index contributed by atoms with van der Waals surface area (Å²) in [6.45, 7) is 9.42. The van der Waals surface area contributed by atoms with E-state index in [0.29, 0.717) is 11.7 Å². The minimum Gasteiger partial charge on any atom is -0.384 e. The van der Waals surface area contributed by atoms with Gasteiger partial charge < -0.3 is 15.7 Å². The largest absolute Gasteiger partial charge is 0.384 e. The molecule has 17 heavy (non-hydrogen) atoms. The molecule has 1 aromatic heterocycles. The number of pyridine rings is 1. The standard InChI is InChI=1S/C13H23N3O/c1-10(2)14-8-9-15-12-7-5-6-11(16-12)13(3,4)17/h5-7,10,14,17H,8-9H2,1-4H3,(H,15,16). The Labute approximate surface area is 103 Å². The first-order valence-electron chi connectivity index (χ1n) is 6.07. The van der Waals surface area contributed by atoms with Crippen molar-refractivity contribution in [3.05, 3.63) is 23.9 Å². The van der Waals surface area contributed by atoms with Crippen molar-refractivity contribution in [2.24, 2.45) is 0 Å². The van der Waals surface area contributed by atoms with Gasteiger partial charge in [0.1, 0.15) is 11.4 Å². The SMILES string of the molecule is CC(C)NCCNc1cccc(C(C)(C)O)n1. The number of nitrogens with zero attached hydrogens (tertiary/aromatic N) is 1. The maximum Gasteiger partial charge on any atom is 0.126 e. The molecule has 0 spiro atoms. The molecule has 0 atom stereocenters. The highest BCUT2D eigenvalue weighted by Gasteiger charge is 2.17. The first-order chi connectivity index (χ1) is 7.89. The summed E-state index contributed by atoms with van der Waals surface area (Å²) in [4.78, 5) is 4.37. The van der Waals surface area contributed by atoms with Crippen LogP contribution in [-0.4, -0.2) is 29.2 Å². The smallest absolute Gasteiger partial charge is 0.126 e. The lowest BCUT2D eigenvalue weighted by Gasteiger charge is -2.17. The summed E-state index contributed by atoms with van der Waals surface area (Å²) in [6, 6.07) is 6.13. The highest BCUT2D eigenvalue weighted by Crippen LogP contribution is 2.18. The van der Waals surface area contributed by atoms with Crippen molar-refractivity contribution in [2.75, 3.05) is 18.4 Å². The topological polar surface area (TPSA) is 57.2 Å². The summed E-state index contributed by atoms with van der Waals surface area (Å²) in [5, 5.41) is 16.4. The van der Waals surface area contributed by atoms with Gasteiger partial charge in [-0.15, -0.1) is 0 Å². The third-order valence-corrected chi connectivity index (χ3v) is 2.36. The van der Waals surface area contributed by atoms with Crippen LogP contribution in [0.4, 0.5) is 5.82 Å². The number of aromatic nitrogens is 1. The van der Waals surface area contributed by atoms with Crippen LogP contribution in [0, 0.1) is 0 Å². The zero-order chi connectivity index (χ0) is 12.9. The second-order valence-corrected chi connectivity index (χ2v) is 5.00. The van der Waals surface area contributed by atoms with Crippen molar-refractivity contribution in [1.29, 1.82) is 0 Å². The zero-order valence-corrected chi connectivity index (χ0v) is 11.1. The number of anilines is 1. The summed E-state index contributed by atoms with van der Waals surface area (Å²) < 4.78 is 0. The quantitative estimate of drug-likeness (QED) is 0.659. The molecule has 4 heteroatoms. The van der Waals surface area contributed by atoms with Gasteiger partial charge in [0, 0.05) is 19.1 Å². The Morgan fingerprint density at radius 3 is 2.59 bits per heavy atom. The van der Waals surface area contributed by atoms with Gasteiger partial charge >= 0.3 is 0 Å². The number of aliphatic hydroxyl groups is 1. The Kier molecular flexibility index (Phi) is 4.90. The molecule has 0 aliphatic rings. The number of nitrogens with one attached hydrogen (secondary N) is 2. The van der Waals surface area contributed by atoms with Gasteiger partial charge in [-0.1, -0.05) is 19.9 Å². The van der Waals surface area contributed by atoms with Crippen molar-refractivity contribution in [3.8, 4) is 0 Å². The van der Waals surface area contributed by atoms with Crippen LogP contribution >= 0.6 is 0 Å². The molecule has 0 fully saturated rings. The molecule has 0 bridgehead atoms. The van der Waals surface area contributed by atoms with E-state index in [9.17, 15) is 5.11 Å². The molecule has 0 unspecified atom stereocenters. The van der Waals surface area contributed by atoms with E-state index in [-0.39, 0.29) is 0 Å². The van der Waals surface area contributed by atoms with Crippen molar-refractivity contribution >= 4 is 5.82 Å². The lowest BCUT2D eigenvalue weighted by atomic mass is 10.1. The highest BCUT2D eigenvalue weighted by molar-refractivity contribution is 5.36. The molecule has 4 nitrogen and oxygen atoms in total. The van der Waals surface area contributed by atoms with Crippen molar-refractivity contribution in [3.63, 3.8) is 0 Å². The van der Waals surface area contributed by atoms with Crippen LogP contribution in [-0.2, 0) is 5.60 Å². The molecular formula is C13H23N3O. The van der Waals surface area contributed by atoms with Crippen LogP contribution in [0.2, 0.25) is 0 Å². The van der Waals surface area contributed by atoms with Gasteiger partial charge in [-0.25, -0.2) is 4.98 Å². The van der Waals surface area contributed by atoms with Crippen LogP contribution in [0.1, 0.15) is 33.4 Å². The summed E-state index contributed by atoms with van der Waals surface area (Å²) in [7, 11) is 0. The summed E-state index contributed by atoms with van der Waals surface area (Å²) >= 11 is 0. The first kappa shape index (κ1) is 13.9. The summed E-state index contributed by atoms with van der Waals surface area (Å²) in [5.41, 5.74) is -0.215. The Hall–Kier alpha value is -1.13. The zero-order valence-electron chi connectivity index (χ0n) is 11.1. The minimum absolute atomic E-state index is 0.493. The van der Waals surface area contributed by atoms with Crippen molar-refractivity contribution < 1.29 is 5.11 Å². The molecule has 0 saturated carbocycles. The molecule has 0 amide bonds. The van der Waals surface area contributed by atoms with Gasteiger partial charge in [0.25, 0.3) is 0 Å². The Morgan fingerprint density at radius 2 is 2.00 bits per heavy atom. The Bertz CT molecular complexity index is 345. The molecule has 96 valence electrons. The van der Waals surface area contributed by atoms with Crippen LogP contribution in [0.3, 0.4) is 0 Å². The number of rotatable bonds is 6. The summed E-state index contributed by atoms with van der Waals surface area (Å²) in [6.07, 6.45) is 0. The normalized spacial score (nSPS) is 11.9. The summed E-state index contributed by atoms with van der Waals surface area (Å²) in [5.74, 6) is 0.801. The molecule has 0 aromatic carbocycles. The van der Waals surface area contributed by atoms with E-state index in [4.69, 9.17) is 0 Å². The monoisotopic (exact) mass is 237 g/mol. The van der Waals surface area contributed by atoms with Gasteiger partial charge in [0.2, 0.25) is 0 Å². The fourth-order valence-corrected chi connectivity index (χ4v) is 1.43. The van der Waals surface area contributed by atoms with Crippen LogP contribution in [0.5, 0.6) is 0 Å². The van der Waals surface area contributed by atoms with Crippen molar-refractivity contribution in [1.82, 2.24) is 10.3 Å². The molecule has 0 aliphatic heterocycles. The van der Waals surface area contributed by atoms with Crippen LogP contribution in [0.25, 0.3) is 0 Å². The molecule has 1 heterocycles. The molecule has 0 saturated heterocycles. The predicted molar refractivity (Wildman–Crippen MR) is 71.1 cm³/mol. The van der Waals surface area contributed by atoms with Crippen LogP contribution < -0.4 is 10.6 Å². The molecular weight excluding hydrogens is 214 g/mol. The van der Waals surface area contributed by atoms with E-state index in [1.165, 1.54) is 0 Å². The van der Waals surface area contributed by atoms with E-state index in [1.54, 1.807) is 13.8 Å². The maximum absolute atomic E-state index is 9.86. The van der Waals surface area contributed by atoms with Gasteiger partial charge in [0.15, 0.2) is 0 Å².